The van der Waals surface area contributed by atoms with Crippen molar-refractivity contribution < 1.29 is 0 Å². The Hall–Kier alpha value is -8.08. The van der Waals surface area contributed by atoms with Crippen LogP contribution in [0.3, 0.4) is 0 Å². The molecule has 4 heteroatoms. The van der Waals surface area contributed by atoms with Crippen LogP contribution in [-0.2, 0) is 0 Å². The van der Waals surface area contributed by atoms with Crippen LogP contribution in [-0.4, -0.2) is 9.13 Å². The molecule has 0 fully saturated rings. The maximum atomic E-state index is 2.43. The van der Waals surface area contributed by atoms with Gasteiger partial charge in [0, 0.05) is 67.1 Å². The van der Waals surface area contributed by atoms with Gasteiger partial charge in [-0.05, 0) is 135 Å². The van der Waals surface area contributed by atoms with Gasteiger partial charge >= 0.3 is 0 Å². The fourth-order valence-electron chi connectivity index (χ4n) is 9.58. The Labute approximate surface area is 374 Å². The molecule has 2 heterocycles. The van der Waals surface area contributed by atoms with E-state index in [-0.39, 0.29) is 0 Å². The van der Waals surface area contributed by atoms with Gasteiger partial charge < -0.3 is 18.9 Å². The fraction of sp³-hybridized carbons (Fsp3) is 0.0667. The lowest BCUT2D eigenvalue weighted by atomic mass is 10.0. The molecular weight excluding hydrogens is 777 g/mol. The predicted octanol–water partition coefficient (Wildman–Crippen LogP) is 17.1. The molecule has 2 aromatic heterocycles. The predicted molar refractivity (Wildman–Crippen MR) is 275 cm³/mol. The number of fused-ring (bicyclic) bond motifs is 6. The third kappa shape index (κ3) is 6.90. The molecule has 0 atom stereocenters. The van der Waals surface area contributed by atoms with Gasteiger partial charge in [0.1, 0.15) is 0 Å². The number of nitrogens with zero attached hydrogens (tertiary/aromatic N) is 4. The highest BCUT2D eigenvalue weighted by molar-refractivity contribution is 6.12. The summed E-state index contributed by atoms with van der Waals surface area (Å²) in [5.41, 5.74) is 16.2. The molecule has 1 aliphatic carbocycles. The summed E-state index contributed by atoms with van der Waals surface area (Å²) >= 11 is 0. The van der Waals surface area contributed by atoms with E-state index in [1.165, 1.54) is 55.0 Å². The number of anilines is 6. The molecule has 64 heavy (non-hydrogen) atoms. The molecule has 308 valence electrons. The van der Waals surface area contributed by atoms with Gasteiger partial charge in [-0.1, -0.05) is 133 Å². The summed E-state index contributed by atoms with van der Waals surface area (Å²) in [5.74, 6) is 0. The Morgan fingerprint density at radius 3 is 1.48 bits per heavy atom. The van der Waals surface area contributed by atoms with Crippen molar-refractivity contribution in [2.45, 2.75) is 26.7 Å². The van der Waals surface area contributed by atoms with Crippen molar-refractivity contribution in [3.8, 4) is 11.1 Å². The zero-order valence-corrected chi connectivity index (χ0v) is 36.1. The fourth-order valence-corrected chi connectivity index (χ4v) is 9.58. The number of aromatic nitrogens is 2. The van der Waals surface area contributed by atoms with Gasteiger partial charge in [-0.3, -0.25) is 0 Å². The SMILES string of the molecule is C/C=C\C=C(/C)n1c2ccccc2c2ccc(N(c3ccccc3)c3ccc(-c4ccc(N(c5ccccc5)c5ccc6c7ccccc7n(C7=CCCC=C7)c6c5)cc4)cc3)cc21. The van der Waals surface area contributed by atoms with Crippen LogP contribution in [0, 0.1) is 0 Å². The van der Waals surface area contributed by atoms with Crippen LogP contribution in [0.1, 0.15) is 26.7 Å². The minimum Gasteiger partial charge on any atom is -0.313 e. The van der Waals surface area contributed by atoms with E-state index < -0.39 is 0 Å². The number of benzene rings is 8. The third-order valence-electron chi connectivity index (χ3n) is 12.6. The second kappa shape index (κ2) is 16.7. The molecule has 0 saturated carbocycles. The first-order valence-electron chi connectivity index (χ1n) is 22.3. The normalized spacial score (nSPS) is 13.1. The van der Waals surface area contributed by atoms with Crippen LogP contribution in [0.5, 0.6) is 0 Å². The van der Waals surface area contributed by atoms with Crippen LogP contribution in [0.25, 0.3) is 66.1 Å². The zero-order chi connectivity index (χ0) is 43.0. The molecule has 0 aliphatic heterocycles. The summed E-state index contributed by atoms with van der Waals surface area (Å²) in [4.78, 5) is 4.72. The first-order valence-corrected chi connectivity index (χ1v) is 22.3. The lowest BCUT2D eigenvalue weighted by Crippen LogP contribution is -2.10. The van der Waals surface area contributed by atoms with Crippen molar-refractivity contribution in [3.05, 3.63) is 231 Å². The van der Waals surface area contributed by atoms with E-state index >= 15 is 0 Å². The summed E-state index contributed by atoms with van der Waals surface area (Å²) < 4.78 is 4.81. The summed E-state index contributed by atoms with van der Waals surface area (Å²) in [6, 6.07) is 70.6. The molecule has 1 aliphatic rings. The molecule has 0 radical (unpaired) electrons. The molecule has 8 aromatic carbocycles. The summed E-state index contributed by atoms with van der Waals surface area (Å²) in [6.07, 6.45) is 15.4. The standard InChI is InChI=1S/C60H48N4/c1-3-4-18-43(2)61-57-27-16-14-25-53(57)55-39-37-51(41-59(55)61)62(46-19-8-5-9-20-46)49-33-29-44(30-34-49)45-31-35-50(36-32-45)63(47-21-10-6-11-22-47)52-38-40-56-54-26-15-17-28-58(54)64(60(56)42-52)48-23-12-7-13-24-48/h3-6,8-12,14-42H,7,13H2,1-2H3/b4-3-,43-18+. The Balaban J connectivity index is 0.959. The van der Waals surface area contributed by atoms with E-state index in [2.05, 4.69) is 263 Å². The highest BCUT2D eigenvalue weighted by Gasteiger charge is 2.20. The first-order chi connectivity index (χ1) is 31.6. The quantitative estimate of drug-likeness (QED) is 0.128. The van der Waals surface area contributed by atoms with Gasteiger partial charge in [0.2, 0.25) is 0 Å². The van der Waals surface area contributed by atoms with Gasteiger partial charge in [-0.25, -0.2) is 0 Å². The summed E-state index contributed by atoms with van der Waals surface area (Å²) in [7, 11) is 0. The third-order valence-corrected chi connectivity index (χ3v) is 12.6. The van der Waals surface area contributed by atoms with E-state index in [0.717, 1.165) is 58.1 Å². The van der Waals surface area contributed by atoms with Crippen molar-refractivity contribution >= 4 is 89.1 Å². The molecule has 0 spiro atoms. The van der Waals surface area contributed by atoms with E-state index in [4.69, 9.17) is 0 Å². The van der Waals surface area contributed by atoms with Crippen LogP contribution in [0.4, 0.5) is 34.1 Å². The van der Waals surface area contributed by atoms with Crippen molar-refractivity contribution in [2.24, 2.45) is 0 Å². The van der Waals surface area contributed by atoms with Gasteiger partial charge in [0.05, 0.1) is 22.1 Å². The number of allylic oxidation sites excluding steroid dienone is 8. The maximum absolute atomic E-state index is 2.43. The second-order valence-electron chi connectivity index (χ2n) is 16.5. The Morgan fingerprint density at radius 2 is 0.922 bits per heavy atom. The average Bonchev–Trinajstić information content (AvgIpc) is 3.87. The van der Waals surface area contributed by atoms with Crippen LogP contribution >= 0.6 is 0 Å². The molecule has 11 rings (SSSR count). The van der Waals surface area contributed by atoms with Crippen molar-refractivity contribution in [1.29, 1.82) is 0 Å². The molecule has 0 unspecified atom stereocenters. The number of para-hydroxylation sites is 4. The topological polar surface area (TPSA) is 16.3 Å². The molecular formula is C60H48N4. The number of rotatable bonds is 10. The van der Waals surface area contributed by atoms with Crippen molar-refractivity contribution in [2.75, 3.05) is 9.80 Å². The minimum absolute atomic E-state index is 1.05. The van der Waals surface area contributed by atoms with Crippen LogP contribution < -0.4 is 9.80 Å². The second-order valence-corrected chi connectivity index (χ2v) is 16.5. The smallest absolute Gasteiger partial charge is 0.0561 e. The summed E-state index contributed by atoms with van der Waals surface area (Å²) in [6.45, 7) is 4.24. The van der Waals surface area contributed by atoms with Crippen molar-refractivity contribution in [1.82, 2.24) is 9.13 Å². The Bertz CT molecular complexity index is 3440. The lowest BCUT2D eigenvalue weighted by molar-refractivity contribution is 1.02. The molecule has 0 bridgehead atoms. The van der Waals surface area contributed by atoms with E-state index in [0.29, 0.717) is 0 Å². The average molecular weight is 825 g/mol. The highest BCUT2D eigenvalue weighted by Crippen LogP contribution is 2.42. The lowest BCUT2D eigenvalue weighted by Gasteiger charge is -2.26. The number of hydrogen-bond donors (Lipinski definition) is 0. The van der Waals surface area contributed by atoms with Crippen molar-refractivity contribution in [3.63, 3.8) is 0 Å². The van der Waals surface area contributed by atoms with Crippen LogP contribution in [0.15, 0.2) is 231 Å². The Kier molecular flexibility index (Phi) is 10.1. The van der Waals surface area contributed by atoms with Gasteiger partial charge in [-0.2, -0.15) is 0 Å². The maximum Gasteiger partial charge on any atom is 0.0561 e. The largest absolute Gasteiger partial charge is 0.313 e. The highest BCUT2D eigenvalue weighted by atomic mass is 15.2. The van der Waals surface area contributed by atoms with Crippen LogP contribution in [0.2, 0.25) is 0 Å². The Morgan fingerprint density at radius 1 is 0.453 bits per heavy atom. The molecule has 0 saturated heterocycles. The van der Waals surface area contributed by atoms with E-state index in [1.54, 1.807) is 0 Å². The van der Waals surface area contributed by atoms with Gasteiger partial charge in [0.25, 0.3) is 0 Å². The van der Waals surface area contributed by atoms with E-state index in [9.17, 15) is 0 Å². The molecule has 0 amide bonds. The molecule has 4 nitrogen and oxygen atoms in total. The van der Waals surface area contributed by atoms with Gasteiger partial charge in [-0.15, -0.1) is 0 Å². The van der Waals surface area contributed by atoms with Gasteiger partial charge in [0.15, 0.2) is 0 Å². The summed E-state index contributed by atoms with van der Waals surface area (Å²) in [5, 5.41) is 5.02. The monoisotopic (exact) mass is 824 g/mol. The zero-order valence-electron chi connectivity index (χ0n) is 36.1. The minimum atomic E-state index is 1.05. The first kappa shape index (κ1) is 38.8. The number of hydrogen-bond acceptors (Lipinski definition) is 2. The molecule has 0 N–H and O–H groups in total. The van der Waals surface area contributed by atoms with E-state index in [1.807, 2.05) is 0 Å². The molecule has 10 aromatic rings.